The van der Waals surface area contributed by atoms with Crippen LogP contribution in [0.2, 0.25) is 0 Å². The number of carbonyl (C=O) groups excluding carboxylic acids is 1. The van der Waals surface area contributed by atoms with Crippen molar-refractivity contribution in [3.05, 3.63) is 65.2 Å². The molecule has 5 nitrogen and oxygen atoms in total. The number of rotatable bonds is 5. The van der Waals surface area contributed by atoms with E-state index in [1.54, 1.807) is 35.2 Å². The fourth-order valence-electron chi connectivity index (χ4n) is 3.13. The van der Waals surface area contributed by atoms with Crippen LogP contribution in [0.4, 0.5) is 0 Å². The molecule has 1 saturated heterocycles. The average Bonchev–Trinajstić information content (AvgIpc) is 3.17. The molecule has 2 aromatic carbocycles. The van der Waals surface area contributed by atoms with E-state index in [4.69, 9.17) is 0 Å². The van der Waals surface area contributed by atoms with E-state index in [1.807, 2.05) is 32.0 Å². The first kappa shape index (κ1) is 18.6. The third kappa shape index (κ3) is 3.97. The molecule has 1 aliphatic heterocycles. The van der Waals surface area contributed by atoms with Crippen molar-refractivity contribution < 1.29 is 13.2 Å². The highest BCUT2D eigenvalue weighted by Crippen LogP contribution is 2.23. The first-order valence-corrected chi connectivity index (χ1v) is 10.3. The van der Waals surface area contributed by atoms with Gasteiger partial charge in [0.25, 0.3) is 0 Å². The quantitative estimate of drug-likeness (QED) is 0.877. The molecule has 1 heterocycles. The Labute approximate surface area is 155 Å². The number of nitrogens with one attached hydrogen (secondary N) is 1. The highest BCUT2D eigenvalue weighted by molar-refractivity contribution is 7.89. The molecule has 3 rings (SSSR count). The van der Waals surface area contributed by atoms with Gasteiger partial charge < -0.3 is 4.90 Å². The Bertz CT molecular complexity index is 889. The first-order chi connectivity index (χ1) is 12.4. The van der Waals surface area contributed by atoms with Gasteiger partial charge in [0.05, 0.1) is 4.90 Å². The van der Waals surface area contributed by atoms with Gasteiger partial charge in [-0.25, -0.2) is 8.42 Å². The van der Waals surface area contributed by atoms with Crippen LogP contribution in [0.3, 0.4) is 0 Å². The van der Waals surface area contributed by atoms with Gasteiger partial charge in [-0.2, -0.15) is 4.72 Å². The third-order valence-electron chi connectivity index (χ3n) is 4.86. The van der Waals surface area contributed by atoms with Crippen molar-refractivity contribution in [1.82, 2.24) is 9.62 Å². The Balaban J connectivity index is 1.94. The van der Waals surface area contributed by atoms with Gasteiger partial charge in [-0.05, 0) is 55.5 Å². The molecular weight excluding hydrogens is 348 g/mol. The average molecular weight is 372 g/mol. The third-order valence-corrected chi connectivity index (χ3v) is 6.28. The number of benzene rings is 2. The van der Waals surface area contributed by atoms with Crippen molar-refractivity contribution in [2.45, 2.75) is 37.6 Å². The van der Waals surface area contributed by atoms with Crippen LogP contribution in [0.25, 0.3) is 0 Å². The molecule has 0 unspecified atom stereocenters. The molecule has 26 heavy (non-hydrogen) atoms. The molecule has 0 radical (unpaired) electrons. The molecular formula is C20H24N2O3S. The largest absolute Gasteiger partial charge is 0.341 e. The van der Waals surface area contributed by atoms with Gasteiger partial charge in [0.1, 0.15) is 6.04 Å². The number of sulfonamides is 1. The predicted octanol–water partition coefficient (Wildman–Crippen LogP) is 2.95. The van der Waals surface area contributed by atoms with Crippen molar-refractivity contribution in [2.75, 3.05) is 13.1 Å². The Hall–Kier alpha value is -2.18. The second-order valence-electron chi connectivity index (χ2n) is 6.74. The van der Waals surface area contributed by atoms with Crippen LogP contribution < -0.4 is 4.72 Å². The van der Waals surface area contributed by atoms with Crippen molar-refractivity contribution in [1.29, 1.82) is 0 Å². The van der Waals surface area contributed by atoms with Crippen molar-refractivity contribution in [2.24, 2.45) is 0 Å². The Morgan fingerprint density at radius 1 is 1.00 bits per heavy atom. The van der Waals surface area contributed by atoms with Crippen LogP contribution in [-0.2, 0) is 14.8 Å². The number of aryl methyl sites for hydroxylation is 2. The van der Waals surface area contributed by atoms with Crippen LogP contribution in [0.15, 0.2) is 53.4 Å². The zero-order valence-electron chi connectivity index (χ0n) is 15.1. The van der Waals surface area contributed by atoms with E-state index in [-0.39, 0.29) is 10.8 Å². The highest BCUT2D eigenvalue weighted by Gasteiger charge is 2.31. The van der Waals surface area contributed by atoms with Crippen LogP contribution in [0, 0.1) is 13.8 Å². The smallest absolute Gasteiger partial charge is 0.245 e. The van der Waals surface area contributed by atoms with Gasteiger partial charge in [-0.3, -0.25) is 4.79 Å². The maximum atomic E-state index is 13.0. The molecule has 1 atom stereocenters. The van der Waals surface area contributed by atoms with Crippen LogP contribution in [0.5, 0.6) is 0 Å². The van der Waals surface area contributed by atoms with Crippen LogP contribution in [-0.4, -0.2) is 32.3 Å². The maximum Gasteiger partial charge on any atom is 0.245 e. The minimum atomic E-state index is -3.82. The zero-order valence-corrected chi connectivity index (χ0v) is 15.9. The van der Waals surface area contributed by atoms with Crippen molar-refractivity contribution in [3.63, 3.8) is 0 Å². The summed E-state index contributed by atoms with van der Waals surface area (Å²) in [6.07, 6.45) is 1.91. The number of carbonyl (C=O) groups is 1. The number of hydrogen-bond acceptors (Lipinski definition) is 3. The lowest BCUT2D eigenvalue weighted by Gasteiger charge is -2.24. The molecule has 6 heteroatoms. The van der Waals surface area contributed by atoms with Gasteiger partial charge in [-0.1, -0.05) is 36.4 Å². The highest BCUT2D eigenvalue weighted by atomic mass is 32.2. The predicted molar refractivity (Wildman–Crippen MR) is 101 cm³/mol. The SMILES string of the molecule is Cc1ccc(S(=O)(=O)N[C@@H](C(=O)N2CCCC2)c2ccccc2)cc1C. The molecule has 1 aliphatic rings. The second kappa shape index (κ2) is 7.60. The normalized spacial score (nSPS) is 15.8. The lowest BCUT2D eigenvalue weighted by atomic mass is 10.1. The summed E-state index contributed by atoms with van der Waals surface area (Å²) >= 11 is 0. The van der Waals surface area contributed by atoms with Gasteiger partial charge in [0.2, 0.25) is 15.9 Å². The van der Waals surface area contributed by atoms with E-state index in [0.29, 0.717) is 18.7 Å². The van der Waals surface area contributed by atoms with Crippen LogP contribution in [0.1, 0.15) is 35.6 Å². The van der Waals surface area contributed by atoms with Crippen molar-refractivity contribution >= 4 is 15.9 Å². The molecule has 0 bridgehead atoms. The maximum absolute atomic E-state index is 13.0. The number of nitrogens with zero attached hydrogens (tertiary/aromatic N) is 1. The summed E-state index contributed by atoms with van der Waals surface area (Å²) in [6.45, 7) is 5.16. The second-order valence-corrected chi connectivity index (χ2v) is 8.46. The van der Waals surface area contributed by atoms with Gasteiger partial charge in [0, 0.05) is 13.1 Å². The van der Waals surface area contributed by atoms with Gasteiger partial charge in [0.15, 0.2) is 0 Å². The lowest BCUT2D eigenvalue weighted by molar-refractivity contribution is -0.132. The number of likely N-dealkylation sites (tertiary alicyclic amines) is 1. The topological polar surface area (TPSA) is 66.5 Å². The van der Waals surface area contributed by atoms with E-state index in [9.17, 15) is 13.2 Å². The summed E-state index contributed by atoms with van der Waals surface area (Å²) in [5.74, 6) is -0.193. The van der Waals surface area contributed by atoms with Gasteiger partial charge in [-0.15, -0.1) is 0 Å². The van der Waals surface area contributed by atoms with E-state index < -0.39 is 16.1 Å². The number of amides is 1. The molecule has 1 amide bonds. The zero-order chi connectivity index (χ0) is 18.7. The van der Waals surface area contributed by atoms with E-state index in [1.165, 1.54) is 0 Å². The van der Waals surface area contributed by atoms with Crippen LogP contribution >= 0.6 is 0 Å². The molecule has 1 N–H and O–H groups in total. The van der Waals surface area contributed by atoms with E-state index >= 15 is 0 Å². The molecule has 1 fully saturated rings. The molecule has 0 saturated carbocycles. The monoisotopic (exact) mass is 372 g/mol. The first-order valence-electron chi connectivity index (χ1n) is 8.82. The molecule has 138 valence electrons. The van der Waals surface area contributed by atoms with E-state index in [2.05, 4.69) is 4.72 Å². The Morgan fingerprint density at radius 3 is 2.27 bits per heavy atom. The molecule has 0 aliphatic carbocycles. The Kier molecular flexibility index (Phi) is 5.44. The van der Waals surface area contributed by atoms with Gasteiger partial charge >= 0.3 is 0 Å². The minimum Gasteiger partial charge on any atom is -0.341 e. The molecule has 0 aromatic heterocycles. The standard InChI is InChI=1S/C20H24N2O3S/c1-15-10-11-18(14-16(15)2)26(24,25)21-19(17-8-4-3-5-9-17)20(23)22-12-6-7-13-22/h3-5,8-11,14,19,21H,6-7,12-13H2,1-2H3/t19-/m1/s1. The summed E-state index contributed by atoms with van der Waals surface area (Å²) < 4.78 is 28.5. The summed E-state index contributed by atoms with van der Waals surface area (Å²) in [5.41, 5.74) is 2.57. The fraction of sp³-hybridized carbons (Fsp3) is 0.350. The van der Waals surface area contributed by atoms with E-state index in [0.717, 1.165) is 24.0 Å². The fourth-order valence-corrected chi connectivity index (χ4v) is 4.39. The summed E-state index contributed by atoms with van der Waals surface area (Å²) in [4.78, 5) is 14.9. The minimum absolute atomic E-state index is 0.177. The summed E-state index contributed by atoms with van der Waals surface area (Å²) in [5, 5.41) is 0. The lowest BCUT2D eigenvalue weighted by Crippen LogP contribution is -2.41. The number of hydrogen-bond donors (Lipinski definition) is 1. The summed E-state index contributed by atoms with van der Waals surface area (Å²) in [7, 11) is -3.82. The molecule has 0 spiro atoms. The summed E-state index contributed by atoms with van der Waals surface area (Å²) in [6, 6.07) is 13.1. The molecule has 2 aromatic rings. The van der Waals surface area contributed by atoms with Crippen molar-refractivity contribution in [3.8, 4) is 0 Å². The Morgan fingerprint density at radius 2 is 1.65 bits per heavy atom.